The highest BCUT2D eigenvalue weighted by atomic mass is 16.5. The third-order valence-corrected chi connectivity index (χ3v) is 2.28. The van der Waals surface area contributed by atoms with E-state index in [1.807, 2.05) is 6.92 Å². The Kier molecular flexibility index (Phi) is 6.73. The number of amides is 2. The third-order valence-electron chi connectivity index (χ3n) is 2.28. The van der Waals surface area contributed by atoms with Crippen LogP contribution in [0.4, 0.5) is 0 Å². The molecule has 2 amide bonds. The number of carbonyl (C=O) groups excluding carboxylic acids is 3. The number of esters is 1. The van der Waals surface area contributed by atoms with Crippen LogP contribution in [-0.2, 0) is 14.3 Å². The molecule has 0 aliphatic heterocycles. The molecule has 0 heterocycles. The lowest BCUT2D eigenvalue weighted by Crippen LogP contribution is -2.42. The van der Waals surface area contributed by atoms with Gasteiger partial charge in [0.25, 0.3) is 5.91 Å². The second-order valence-corrected chi connectivity index (χ2v) is 4.18. The van der Waals surface area contributed by atoms with E-state index in [0.29, 0.717) is 17.9 Å². The van der Waals surface area contributed by atoms with Crippen molar-refractivity contribution in [1.82, 2.24) is 10.9 Å². The van der Waals surface area contributed by atoms with E-state index in [9.17, 15) is 14.4 Å². The number of nitrogens with one attached hydrogen (secondary N) is 2. The highest BCUT2D eigenvalue weighted by Gasteiger charge is 2.07. The number of hydrogen-bond acceptors (Lipinski definition) is 5. The minimum atomic E-state index is -0.489. The number of hydrazine groups is 1. The quantitative estimate of drug-likeness (QED) is 0.598. The number of benzene rings is 1. The minimum absolute atomic E-state index is 0.250. The van der Waals surface area contributed by atoms with Gasteiger partial charge in [-0.05, 0) is 30.7 Å². The SMILES string of the molecule is CCCOC(=O)c1ccc(OCC(=O)NNC(C)=O)cc1. The van der Waals surface area contributed by atoms with E-state index in [2.05, 4.69) is 10.9 Å². The van der Waals surface area contributed by atoms with Crippen molar-refractivity contribution in [3.05, 3.63) is 29.8 Å². The molecule has 2 N–H and O–H groups in total. The van der Waals surface area contributed by atoms with Gasteiger partial charge < -0.3 is 9.47 Å². The van der Waals surface area contributed by atoms with Crippen molar-refractivity contribution >= 4 is 17.8 Å². The molecule has 0 radical (unpaired) electrons. The summed E-state index contributed by atoms with van der Waals surface area (Å²) >= 11 is 0. The summed E-state index contributed by atoms with van der Waals surface area (Å²) in [5.41, 5.74) is 4.73. The van der Waals surface area contributed by atoms with Gasteiger partial charge in [-0.25, -0.2) is 4.79 Å². The van der Waals surface area contributed by atoms with Crippen molar-refractivity contribution in [2.24, 2.45) is 0 Å². The molecular formula is C14H18N2O5. The molecule has 0 aliphatic rings. The van der Waals surface area contributed by atoms with E-state index in [0.717, 1.165) is 6.42 Å². The third kappa shape index (κ3) is 6.42. The molecular weight excluding hydrogens is 276 g/mol. The van der Waals surface area contributed by atoms with Gasteiger partial charge in [0.2, 0.25) is 5.91 Å². The van der Waals surface area contributed by atoms with Crippen LogP contribution in [0.1, 0.15) is 30.6 Å². The fourth-order valence-corrected chi connectivity index (χ4v) is 1.31. The van der Waals surface area contributed by atoms with Crippen LogP contribution in [-0.4, -0.2) is 31.0 Å². The fourth-order valence-electron chi connectivity index (χ4n) is 1.31. The number of ether oxygens (including phenoxy) is 2. The van der Waals surface area contributed by atoms with Crippen LogP contribution in [0.5, 0.6) is 5.75 Å². The van der Waals surface area contributed by atoms with Gasteiger partial charge in [-0.1, -0.05) is 6.92 Å². The molecule has 0 saturated heterocycles. The zero-order chi connectivity index (χ0) is 15.7. The summed E-state index contributed by atoms with van der Waals surface area (Å²) in [5, 5.41) is 0. The summed E-state index contributed by atoms with van der Waals surface area (Å²) in [7, 11) is 0. The van der Waals surface area contributed by atoms with Crippen LogP contribution in [0.2, 0.25) is 0 Å². The van der Waals surface area contributed by atoms with E-state index in [4.69, 9.17) is 9.47 Å². The lowest BCUT2D eigenvalue weighted by molar-refractivity contribution is -0.129. The summed E-state index contributed by atoms with van der Waals surface area (Å²) in [6.45, 7) is 3.31. The molecule has 0 aromatic heterocycles. The Morgan fingerprint density at radius 1 is 1.10 bits per heavy atom. The van der Waals surface area contributed by atoms with Gasteiger partial charge in [0, 0.05) is 6.92 Å². The molecule has 21 heavy (non-hydrogen) atoms. The Balaban J connectivity index is 2.42. The zero-order valence-corrected chi connectivity index (χ0v) is 12.0. The van der Waals surface area contributed by atoms with Crippen LogP contribution < -0.4 is 15.6 Å². The first-order chi connectivity index (χ1) is 10.0. The highest BCUT2D eigenvalue weighted by Crippen LogP contribution is 2.12. The first-order valence-corrected chi connectivity index (χ1v) is 6.48. The first-order valence-electron chi connectivity index (χ1n) is 6.48. The van der Waals surface area contributed by atoms with Crippen molar-refractivity contribution in [2.45, 2.75) is 20.3 Å². The van der Waals surface area contributed by atoms with Crippen LogP contribution in [0.3, 0.4) is 0 Å². The smallest absolute Gasteiger partial charge is 0.338 e. The van der Waals surface area contributed by atoms with Gasteiger partial charge in [-0.15, -0.1) is 0 Å². The van der Waals surface area contributed by atoms with Gasteiger partial charge in [0.1, 0.15) is 5.75 Å². The summed E-state index contributed by atoms with van der Waals surface area (Å²) in [6.07, 6.45) is 0.760. The average Bonchev–Trinajstić information content (AvgIpc) is 2.49. The molecule has 114 valence electrons. The fraction of sp³-hybridized carbons (Fsp3) is 0.357. The Labute approximate surface area is 122 Å². The van der Waals surface area contributed by atoms with E-state index in [-0.39, 0.29) is 12.5 Å². The van der Waals surface area contributed by atoms with Gasteiger partial charge >= 0.3 is 5.97 Å². The van der Waals surface area contributed by atoms with E-state index < -0.39 is 11.9 Å². The monoisotopic (exact) mass is 294 g/mol. The standard InChI is InChI=1S/C14H18N2O5/c1-3-8-20-14(19)11-4-6-12(7-5-11)21-9-13(18)16-15-10(2)17/h4-7H,3,8-9H2,1-2H3,(H,15,17)(H,16,18). The molecule has 0 unspecified atom stereocenters. The number of rotatable bonds is 6. The molecule has 0 fully saturated rings. The lowest BCUT2D eigenvalue weighted by atomic mass is 10.2. The maximum Gasteiger partial charge on any atom is 0.338 e. The molecule has 0 spiro atoms. The van der Waals surface area contributed by atoms with Crippen molar-refractivity contribution in [2.75, 3.05) is 13.2 Å². The second kappa shape index (κ2) is 8.57. The number of hydrogen-bond donors (Lipinski definition) is 2. The largest absolute Gasteiger partial charge is 0.484 e. The van der Waals surface area contributed by atoms with Crippen LogP contribution in [0, 0.1) is 0 Å². The molecule has 7 heteroatoms. The van der Waals surface area contributed by atoms with Crippen molar-refractivity contribution in [1.29, 1.82) is 0 Å². The first kappa shape index (κ1) is 16.5. The van der Waals surface area contributed by atoms with Crippen LogP contribution in [0.15, 0.2) is 24.3 Å². The Morgan fingerprint density at radius 2 is 1.76 bits per heavy atom. The van der Waals surface area contributed by atoms with Crippen molar-refractivity contribution in [3.8, 4) is 5.75 Å². The van der Waals surface area contributed by atoms with E-state index in [1.54, 1.807) is 24.3 Å². The zero-order valence-electron chi connectivity index (χ0n) is 12.0. The lowest BCUT2D eigenvalue weighted by Gasteiger charge is -2.08. The Hall–Kier alpha value is -2.57. The molecule has 0 saturated carbocycles. The summed E-state index contributed by atoms with van der Waals surface area (Å²) in [5.74, 6) is -0.832. The second-order valence-electron chi connectivity index (χ2n) is 4.18. The van der Waals surface area contributed by atoms with Gasteiger partial charge in [0.15, 0.2) is 6.61 Å². The Bertz CT molecular complexity index is 499. The predicted octanol–water partition coefficient (Wildman–Crippen LogP) is 0.799. The topological polar surface area (TPSA) is 93.7 Å². The molecule has 1 aromatic rings. The van der Waals surface area contributed by atoms with Gasteiger partial charge in [-0.2, -0.15) is 0 Å². The molecule has 0 atom stereocenters. The van der Waals surface area contributed by atoms with Crippen molar-refractivity contribution in [3.63, 3.8) is 0 Å². The van der Waals surface area contributed by atoms with E-state index >= 15 is 0 Å². The molecule has 1 rings (SSSR count). The average molecular weight is 294 g/mol. The maximum absolute atomic E-state index is 11.6. The molecule has 7 nitrogen and oxygen atoms in total. The normalized spacial score (nSPS) is 9.62. The highest BCUT2D eigenvalue weighted by molar-refractivity contribution is 5.89. The molecule has 1 aromatic carbocycles. The van der Waals surface area contributed by atoms with Gasteiger partial charge in [0.05, 0.1) is 12.2 Å². The van der Waals surface area contributed by atoms with E-state index in [1.165, 1.54) is 6.92 Å². The molecule has 0 aliphatic carbocycles. The minimum Gasteiger partial charge on any atom is -0.484 e. The van der Waals surface area contributed by atoms with Crippen LogP contribution in [0.25, 0.3) is 0 Å². The Morgan fingerprint density at radius 3 is 2.33 bits per heavy atom. The van der Waals surface area contributed by atoms with Gasteiger partial charge in [-0.3, -0.25) is 20.4 Å². The van der Waals surface area contributed by atoms with Crippen molar-refractivity contribution < 1.29 is 23.9 Å². The molecule has 0 bridgehead atoms. The summed E-state index contributed by atoms with van der Waals surface area (Å²) in [6, 6.07) is 6.24. The summed E-state index contributed by atoms with van der Waals surface area (Å²) in [4.78, 5) is 33.4. The number of carbonyl (C=O) groups is 3. The summed E-state index contributed by atoms with van der Waals surface area (Å²) < 4.78 is 10.2. The maximum atomic E-state index is 11.6. The van der Waals surface area contributed by atoms with Crippen LogP contribution >= 0.6 is 0 Å². The predicted molar refractivity (Wildman–Crippen MR) is 74.5 cm³/mol.